The van der Waals surface area contributed by atoms with Crippen molar-refractivity contribution in [2.75, 3.05) is 13.1 Å². The van der Waals surface area contributed by atoms with Crippen LogP contribution in [0.5, 0.6) is 5.75 Å². The monoisotopic (exact) mass is 441 g/mol. The summed E-state index contributed by atoms with van der Waals surface area (Å²) in [5, 5.41) is 11.0. The quantitative estimate of drug-likeness (QED) is 0.567. The highest BCUT2D eigenvalue weighted by molar-refractivity contribution is 8.00. The average molecular weight is 441 g/mol. The van der Waals surface area contributed by atoms with E-state index < -0.39 is 11.1 Å². The van der Waals surface area contributed by atoms with Crippen LogP contribution in [-0.2, 0) is 11.4 Å². The Morgan fingerprint density at radius 1 is 1.19 bits per heavy atom. The second-order valence-electron chi connectivity index (χ2n) is 6.77. The fourth-order valence-corrected chi connectivity index (χ4v) is 4.07. The van der Waals surface area contributed by atoms with E-state index in [1.165, 1.54) is 28.8 Å². The maximum absolute atomic E-state index is 13.9. The zero-order valence-electron chi connectivity index (χ0n) is 16.7. The number of rotatable bonds is 7. The normalized spacial score (nSPS) is 14.4. The number of nitrogens with zero attached hydrogens (tertiary/aromatic N) is 4. The van der Waals surface area contributed by atoms with E-state index in [1.54, 1.807) is 23.6 Å². The standard InChI is InChI=1S/C21H20FN5O3S/c1-14(19(28)26-12-11-23-20(26)29)31-21-25-24-18(27(21)15-7-3-2-4-8-15)13-30-17-10-6-5-9-16(17)22/h2-10,14H,11-13H2,1H3,(H,23,29)/t14-/m1/s1. The van der Waals surface area contributed by atoms with Gasteiger partial charge in [0.25, 0.3) is 0 Å². The number of benzene rings is 2. The van der Waals surface area contributed by atoms with Crippen molar-refractivity contribution < 1.29 is 18.7 Å². The highest BCUT2D eigenvalue weighted by Crippen LogP contribution is 2.28. The molecule has 1 aliphatic heterocycles. The Morgan fingerprint density at radius 2 is 1.94 bits per heavy atom. The van der Waals surface area contributed by atoms with Crippen molar-refractivity contribution in [1.82, 2.24) is 25.0 Å². The van der Waals surface area contributed by atoms with Crippen LogP contribution in [-0.4, -0.2) is 49.9 Å². The zero-order chi connectivity index (χ0) is 21.8. The Balaban J connectivity index is 1.58. The molecule has 1 fully saturated rings. The number of thioether (sulfide) groups is 1. The number of carbonyl (C=O) groups is 2. The molecular weight excluding hydrogens is 421 g/mol. The van der Waals surface area contributed by atoms with Crippen molar-refractivity contribution in [3.63, 3.8) is 0 Å². The van der Waals surface area contributed by atoms with E-state index in [4.69, 9.17) is 4.74 Å². The Labute approximate surface area is 182 Å². The summed E-state index contributed by atoms with van der Waals surface area (Å²) in [4.78, 5) is 25.7. The molecule has 2 heterocycles. The third-order valence-corrected chi connectivity index (χ3v) is 5.69. The van der Waals surface area contributed by atoms with Gasteiger partial charge in [0.05, 0.1) is 5.25 Å². The van der Waals surface area contributed by atoms with Crippen LogP contribution in [0.25, 0.3) is 5.69 Å². The number of halogens is 1. The van der Waals surface area contributed by atoms with Crippen molar-refractivity contribution in [3.05, 3.63) is 66.2 Å². The molecule has 160 valence electrons. The summed E-state index contributed by atoms with van der Waals surface area (Å²) in [6.07, 6.45) is 0. The lowest BCUT2D eigenvalue weighted by atomic mass is 10.3. The van der Waals surface area contributed by atoms with Crippen molar-refractivity contribution in [2.24, 2.45) is 0 Å². The van der Waals surface area contributed by atoms with E-state index in [2.05, 4.69) is 15.5 Å². The summed E-state index contributed by atoms with van der Waals surface area (Å²) >= 11 is 1.20. The first kappa shape index (κ1) is 20.9. The van der Waals surface area contributed by atoms with Gasteiger partial charge in [-0.25, -0.2) is 9.18 Å². The van der Waals surface area contributed by atoms with E-state index in [-0.39, 0.29) is 24.3 Å². The molecule has 0 radical (unpaired) electrons. The van der Waals surface area contributed by atoms with Gasteiger partial charge in [-0.2, -0.15) is 0 Å². The predicted molar refractivity (Wildman–Crippen MR) is 113 cm³/mol. The third kappa shape index (κ3) is 4.53. The van der Waals surface area contributed by atoms with Gasteiger partial charge in [-0.3, -0.25) is 14.3 Å². The number of amides is 3. The molecule has 1 N–H and O–H groups in total. The first-order chi connectivity index (χ1) is 15.0. The molecule has 0 aliphatic carbocycles. The van der Waals surface area contributed by atoms with Gasteiger partial charge in [0.2, 0.25) is 5.91 Å². The molecule has 2 aromatic carbocycles. The van der Waals surface area contributed by atoms with Crippen LogP contribution in [0.15, 0.2) is 59.8 Å². The fourth-order valence-electron chi connectivity index (χ4n) is 3.12. The van der Waals surface area contributed by atoms with Gasteiger partial charge in [0.1, 0.15) is 6.61 Å². The van der Waals surface area contributed by atoms with Crippen LogP contribution in [0.1, 0.15) is 12.7 Å². The molecule has 31 heavy (non-hydrogen) atoms. The minimum Gasteiger partial charge on any atom is -0.483 e. The molecule has 3 aromatic rings. The summed E-state index contributed by atoms with van der Waals surface area (Å²) in [6, 6.07) is 15.1. The van der Waals surface area contributed by atoms with Gasteiger partial charge in [-0.15, -0.1) is 10.2 Å². The summed E-state index contributed by atoms with van der Waals surface area (Å²) < 4.78 is 21.3. The lowest BCUT2D eigenvalue weighted by molar-refractivity contribution is -0.126. The van der Waals surface area contributed by atoms with Gasteiger partial charge >= 0.3 is 6.03 Å². The van der Waals surface area contributed by atoms with Crippen LogP contribution in [0, 0.1) is 5.82 Å². The number of carbonyl (C=O) groups excluding carboxylic acids is 2. The molecule has 10 heteroatoms. The summed E-state index contributed by atoms with van der Waals surface area (Å²) in [6.45, 7) is 2.49. The third-order valence-electron chi connectivity index (χ3n) is 4.66. The Hall–Kier alpha value is -3.40. The maximum atomic E-state index is 13.9. The van der Waals surface area contributed by atoms with Crippen LogP contribution in [0.4, 0.5) is 9.18 Å². The van der Waals surface area contributed by atoms with Crippen LogP contribution < -0.4 is 10.1 Å². The summed E-state index contributed by atoms with van der Waals surface area (Å²) in [7, 11) is 0. The molecule has 1 aromatic heterocycles. The topological polar surface area (TPSA) is 89.3 Å². The molecule has 0 saturated carbocycles. The second-order valence-corrected chi connectivity index (χ2v) is 8.08. The maximum Gasteiger partial charge on any atom is 0.324 e. The summed E-state index contributed by atoms with van der Waals surface area (Å²) in [5.74, 6) is -0.198. The van der Waals surface area contributed by atoms with Crippen molar-refractivity contribution in [1.29, 1.82) is 0 Å². The van der Waals surface area contributed by atoms with Gasteiger partial charge in [0.15, 0.2) is 22.5 Å². The van der Waals surface area contributed by atoms with Crippen LogP contribution in [0.3, 0.4) is 0 Å². The van der Waals surface area contributed by atoms with Gasteiger partial charge in [0, 0.05) is 18.8 Å². The number of urea groups is 1. The van der Waals surface area contributed by atoms with E-state index >= 15 is 0 Å². The molecule has 1 aliphatic rings. The molecule has 1 saturated heterocycles. The average Bonchev–Trinajstić information content (AvgIpc) is 3.39. The van der Waals surface area contributed by atoms with Crippen molar-refractivity contribution in [2.45, 2.75) is 23.9 Å². The largest absolute Gasteiger partial charge is 0.483 e. The number of ether oxygens (including phenoxy) is 1. The van der Waals surface area contributed by atoms with E-state index in [9.17, 15) is 14.0 Å². The number of imide groups is 1. The molecule has 0 spiro atoms. The molecule has 4 rings (SSSR count). The minimum atomic E-state index is -0.559. The van der Waals surface area contributed by atoms with Crippen LogP contribution >= 0.6 is 11.8 Å². The van der Waals surface area contributed by atoms with E-state index in [0.717, 1.165) is 5.69 Å². The molecule has 0 unspecified atom stereocenters. The van der Waals surface area contributed by atoms with Gasteiger partial charge < -0.3 is 10.1 Å². The lowest BCUT2D eigenvalue weighted by Gasteiger charge is -2.17. The summed E-state index contributed by atoms with van der Waals surface area (Å²) in [5.41, 5.74) is 0.778. The molecule has 8 nitrogen and oxygen atoms in total. The number of aromatic nitrogens is 3. The first-order valence-electron chi connectivity index (χ1n) is 9.67. The predicted octanol–water partition coefficient (Wildman–Crippen LogP) is 3.02. The first-order valence-corrected chi connectivity index (χ1v) is 10.6. The Kier molecular flexibility index (Phi) is 6.17. The molecule has 1 atom stereocenters. The Morgan fingerprint density at radius 3 is 2.65 bits per heavy atom. The highest BCUT2D eigenvalue weighted by atomic mass is 32.2. The smallest absolute Gasteiger partial charge is 0.324 e. The SMILES string of the molecule is C[C@@H](Sc1nnc(COc2ccccc2F)n1-c1ccccc1)C(=O)N1CCNC1=O. The number of para-hydroxylation sites is 2. The van der Waals surface area contributed by atoms with Crippen molar-refractivity contribution in [3.8, 4) is 11.4 Å². The number of hydrogen-bond donors (Lipinski definition) is 1. The molecular formula is C21H20FN5O3S. The lowest BCUT2D eigenvalue weighted by Crippen LogP contribution is -2.39. The van der Waals surface area contributed by atoms with Crippen molar-refractivity contribution >= 4 is 23.7 Å². The van der Waals surface area contributed by atoms with E-state index in [0.29, 0.717) is 24.1 Å². The highest BCUT2D eigenvalue weighted by Gasteiger charge is 2.31. The molecule has 0 bridgehead atoms. The van der Waals surface area contributed by atoms with Gasteiger partial charge in [-0.1, -0.05) is 42.1 Å². The number of hydrogen-bond acceptors (Lipinski definition) is 6. The van der Waals surface area contributed by atoms with Crippen LogP contribution in [0.2, 0.25) is 0 Å². The van der Waals surface area contributed by atoms with Gasteiger partial charge in [-0.05, 0) is 31.2 Å². The fraction of sp³-hybridized carbons (Fsp3) is 0.238. The van der Waals surface area contributed by atoms with E-state index in [1.807, 2.05) is 30.3 Å². The second kappa shape index (κ2) is 9.17. The molecule has 3 amide bonds. The minimum absolute atomic E-state index is 0.0136. The zero-order valence-corrected chi connectivity index (χ0v) is 17.5. The Bertz CT molecular complexity index is 1090. The number of nitrogens with one attached hydrogen (secondary N) is 1.